The summed E-state index contributed by atoms with van der Waals surface area (Å²) in [4.78, 5) is 4.17. The Balaban J connectivity index is 1.98. The van der Waals surface area contributed by atoms with Gasteiger partial charge in [-0.2, -0.15) is 5.10 Å². The van der Waals surface area contributed by atoms with Gasteiger partial charge in [0.25, 0.3) is 0 Å². The third kappa shape index (κ3) is 1.44. The first-order chi connectivity index (χ1) is 9.34. The van der Waals surface area contributed by atoms with E-state index in [1.165, 1.54) is 0 Å². The van der Waals surface area contributed by atoms with Gasteiger partial charge in [0.1, 0.15) is 5.69 Å². The van der Waals surface area contributed by atoms with E-state index in [0.717, 1.165) is 23.9 Å². The Bertz CT molecular complexity index is 778. The second kappa shape index (κ2) is 3.78. The number of aromatic nitrogens is 3. The fourth-order valence-electron chi connectivity index (χ4n) is 2.58. The zero-order chi connectivity index (χ0) is 12.8. The van der Waals surface area contributed by atoms with E-state index in [1.807, 2.05) is 18.2 Å². The van der Waals surface area contributed by atoms with E-state index in [0.29, 0.717) is 22.6 Å². The maximum atomic E-state index is 14.5. The maximum Gasteiger partial charge on any atom is 0.156 e. The Morgan fingerprint density at radius 3 is 3.11 bits per heavy atom. The van der Waals surface area contributed by atoms with Crippen molar-refractivity contribution >= 4 is 16.7 Å². The van der Waals surface area contributed by atoms with E-state index in [-0.39, 0.29) is 5.82 Å². The smallest absolute Gasteiger partial charge is 0.156 e. The number of pyridine rings is 1. The molecule has 0 radical (unpaired) electrons. The molecule has 0 atom stereocenters. The third-order valence-electron chi connectivity index (χ3n) is 3.52. The zero-order valence-corrected chi connectivity index (χ0v) is 10.1. The van der Waals surface area contributed by atoms with Crippen LogP contribution in [0.3, 0.4) is 0 Å². The van der Waals surface area contributed by atoms with Gasteiger partial charge in [-0.05, 0) is 30.2 Å². The number of hydrogen-bond acceptors (Lipinski definition) is 3. The molecule has 2 N–H and O–H groups in total. The highest BCUT2D eigenvalue weighted by Gasteiger charge is 2.20. The molecule has 5 heteroatoms. The summed E-state index contributed by atoms with van der Waals surface area (Å²) < 4.78 is 14.5. The number of nitrogens with zero attached hydrogens (tertiary/aromatic N) is 2. The minimum atomic E-state index is -0.229. The molecule has 19 heavy (non-hydrogen) atoms. The summed E-state index contributed by atoms with van der Waals surface area (Å²) in [5.41, 5.74) is 3.42. The summed E-state index contributed by atoms with van der Waals surface area (Å²) in [6.07, 6.45) is 2.56. The van der Waals surface area contributed by atoms with Gasteiger partial charge in [-0.1, -0.05) is 6.07 Å². The van der Waals surface area contributed by atoms with Crippen molar-refractivity contribution in [3.8, 4) is 11.3 Å². The largest absolute Gasteiger partial charge is 0.382 e. The lowest BCUT2D eigenvalue weighted by Crippen LogP contribution is -1.95. The Labute approximate surface area is 108 Å². The van der Waals surface area contributed by atoms with Gasteiger partial charge >= 0.3 is 0 Å². The molecule has 1 aromatic carbocycles. The van der Waals surface area contributed by atoms with Gasteiger partial charge < -0.3 is 5.32 Å². The van der Waals surface area contributed by atoms with E-state index in [9.17, 15) is 4.39 Å². The van der Waals surface area contributed by atoms with Crippen LogP contribution in [0.25, 0.3) is 22.3 Å². The van der Waals surface area contributed by atoms with E-state index in [2.05, 4.69) is 20.5 Å². The fourth-order valence-corrected chi connectivity index (χ4v) is 2.58. The number of fused-ring (bicyclic) bond motifs is 2. The van der Waals surface area contributed by atoms with Crippen molar-refractivity contribution in [3.05, 3.63) is 41.8 Å². The molecule has 3 aromatic rings. The van der Waals surface area contributed by atoms with Gasteiger partial charge in [-0.25, -0.2) is 9.37 Å². The second-order valence-electron chi connectivity index (χ2n) is 4.61. The molecular weight excluding hydrogens is 243 g/mol. The van der Waals surface area contributed by atoms with Crippen molar-refractivity contribution in [1.82, 2.24) is 15.2 Å². The fraction of sp³-hybridized carbons (Fsp3) is 0.143. The van der Waals surface area contributed by atoms with Crippen LogP contribution < -0.4 is 5.32 Å². The first-order valence-electron chi connectivity index (χ1n) is 6.19. The van der Waals surface area contributed by atoms with Crippen molar-refractivity contribution < 1.29 is 4.39 Å². The Morgan fingerprint density at radius 2 is 2.16 bits per heavy atom. The molecule has 0 saturated carbocycles. The van der Waals surface area contributed by atoms with E-state index < -0.39 is 0 Å². The highest BCUT2D eigenvalue weighted by atomic mass is 19.1. The number of rotatable bonds is 1. The van der Waals surface area contributed by atoms with Gasteiger partial charge in [0, 0.05) is 23.7 Å². The van der Waals surface area contributed by atoms with Gasteiger partial charge in [0.15, 0.2) is 11.5 Å². The molecule has 0 aliphatic carbocycles. The predicted octanol–water partition coefficient (Wildman–Crippen LogP) is 2.73. The lowest BCUT2D eigenvalue weighted by atomic mass is 10.0. The van der Waals surface area contributed by atoms with Gasteiger partial charge in [0.2, 0.25) is 0 Å². The first kappa shape index (κ1) is 10.5. The van der Waals surface area contributed by atoms with Gasteiger partial charge in [-0.3, -0.25) is 5.10 Å². The van der Waals surface area contributed by atoms with Crippen LogP contribution in [-0.4, -0.2) is 21.7 Å². The zero-order valence-electron chi connectivity index (χ0n) is 10.1. The summed E-state index contributed by atoms with van der Waals surface area (Å²) >= 11 is 0. The standard InChI is InChI=1S/C14H11FN4/c15-11-9(4-3-8-5-7-16-12(8)11)13-10-2-1-6-17-14(10)19-18-13/h1-4,6,16H,5,7H2,(H,17,18,19). The molecule has 0 amide bonds. The summed E-state index contributed by atoms with van der Waals surface area (Å²) in [5.74, 6) is -0.229. The van der Waals surface area contributed by atoms with Crippen molar-refractivity contribution in [3.63, 3.8) is 0 Å². The summed E-state index contributed by atoms with van der Waals surface area (Å²) in [6, 6.07) is 7.47. The number of H-pyrrole nitrogens is 1. The van der Waals surface area contributed by atoms with Gasteiger partial charge in [0.05, 0.1) is 5.69 Å². The van der Waals surface area contributed by atoms with E-state index in [4.69, 9.17) is 0 Å². The quantitative estimate of drug-likeness (QED) is 0.702. The molecule has 0 fully saturated rings. The molecule has 2 aromatic heterocycles. The Morgan fingerprint density at radius 1 is 1.21 bits per heavy atom. The summed E-state index contributed by atoms with van der Waals surface area (Å²) in [7, 11) is 0. The highest BCUT2D eigenvalue weighted by Crippen LogP contribution is 2.34. The van der Waals surface area contributed by atoms with Crippen LogP contribution in [0.4, 0.5) is 10.1 Å². The normalized spacial score (nSPS) is 13.5. The molecule has 0 unspecified atom stereocenters. The molecular formula is C14H11FN4. The maximum absolute atomic E-state index is 14.5. The number of halogens is 1. The first-order valence-corrected chi connectivity index (χ1v) is 6.19. The van der Waals surface area contributed by atoms with Gasteiger partial charge in [-0.15, -0.1) is 0 Å². The van der Waals surface area contributed by atoms with Crippen molar-refractivity contribution in [2.45, 2.75) is 6.42 Å². The van der Waals surface area contributed by atoms with Crippen molar-refractivity contribution in [2.75, 3.05) is 11.9 Å². The Hall–Kier alpha value is -2.43. The molecule has 0 spiro atoms. The van der Waals surface area contributed by atoms with Crippen LogP contribution in [0.5, 0.6) is 0 Å². The highest BCUT2D eigenvalue weighted by molar-refractivity contribution is 5.91. The minimum absolute atomic E-state index is 0.229. The lowest BCUT2D eigenvalue weighted by molar-refractivity contribution is 0.634. The number of nitrogens with one attached hydrogen (secondary N) is 2. The van der Waals surface area contributed by atoms with Crippen LogP contribution in [0, 0.1) is 5.82 Å². The van der Waals surface area contributed by atoms with Crippen LogP contribution in [-0.2, 0) is 6.42 Å². The average molecular weight is 254 g/mol. The molecule has 4 nitrogen and oxygen atoms in total. The van der Waals surface area contributed by atoms with Crippen molar-refractivity contribution in [1.29, 1.82) is 0 Å². The Kier molecular flexibility index (Phi) is 2.09. The summed E-state index contributed by atoms with van der Waals surface area (Å²) in [6.45, 7) is 0.790. The molecule has 1 aliphatic heterocycles. The van der Waals surface area contributed by atoms with E-state index in [1.54, 1.807) is 12.3 Å². The molecule has 4 rings (SSSR count). The molecule has 0 bridgehead atoms. The molecule has 1 aliphatic rings. The van der Waals surface area contributed by atoms with Crippen LogP contribution >= 0.6 is 0 Å². The number of anilines is 1. The third-order valence-corrected chi connectivity index (χ3v) is 3.52. The molecule has 3 heterocycles. The SMILES string of the molecule is Fc1c(-c2n[nH]c3ncccc23)ccc2c1NCC2. The number of benzene rings is 1. The monoisotopic (exact) mass is 254 g/mol. The van der Waals surface area contributed by atoms with Crippen molar-refractivity contribution in [2.24, 2.45) is 0 Å². The van der Waals surface area contributed by atoms with Crippen LogP contribution in [0.15, 0.2) is 30.5 Å². The predicted molar refractivity (Wildman–Crippen MR) is 71.5 cm³/mol. The average Bonchev–Trinajstić information content (AvgIpc) is 3.06. The minimum Gasteiger partial charge on any atom is -0.382 e. The lowest BCUT2D eigenvalue weighted by Gasteiger charge is -2.06. The van der Waals surface area contributed by atoms with Crippen LogP contribution in [0.1, 0.15) is 5.56 Å². The number of hydrogen-bond donors (Lipinski definition) is 2. The second-order valence-corrected chi connectivity index (χ2v) is 4.61. The van der Waals surface area contributed by atoms with E-state index >= 15 is 0 Å². The topological polar surface area (TPSA) is 53.6 Å². The summed E-state index contributed by atoms with van der Waals surface area (Å²) in [5, 5.41) is 11.0. The molecule has 94 valence electrons. The molecule has 0 saturated heterocycles. The number of aromatic amines is 1. The van der Waals surface area contributed by atoms with Crippen LogP contribution in [0.2, 0.25) is 0 Å².